The third-order valence-corrected chi connectivity index (χ3v) is 7.33. The molecule has 0 aliphatic carbocycles. The zero-order valence-corrected chi connectivity index (χ0v) is 17.2. The van der Waals surface area contributed by atoms with Crippen molar-refractivity contribution in [1.82, 2.24) is 14.3 Å². The van der Waals surface area contributed by atoms with Crippen LogP contribution in [0.2, 0.25) is 5.02 Å². The average Bonchev–Trinajstić information content (AvgIpc) is 3.13. The Bertz CT molecular complexity index is 842. The number of sulfonamides is 1. The average molecular weight is 415 g/mol. The van der Waals surface area contributed by atoms with Crippen LogP contribution in [0.4, 0.5) is 5.13 Å². The van der Waals surface area contributed by atoms with Crippen molar-refractivity contribution in [2.24, 2.45) is 0 Å². The molecule has 0 saturated carbocycles. The fraction of sp³-hybridized carbons (Fsp3) is 0.529. The van der Waals surface area contributed by atoms with Crippen LogP contribution in [0, 0.1) is 0 Å². The molecule has 1 aliphatic heterocycles. The first kappa shape index (κ1) is 19.5. The maximum absolute atomic E-state index is 12.5. The molecule has 2 atom stereocenters. The van der Waals surface area contributed by atoms with E-state index in [1.165, 1.54) is 31.7 Å². The third-order valence-electron chi connectivity index (χ3n) is 4.96. The van der Waals surface area contributed by atoms with Gasteiger partial charge in [-0.2, -0.15) is 4.37 Å². The van der Waals surface area contributed by atoms with E-state index in [0.29, 0.717) is 11.1 Å². The zero-order chi connectivity index (χ0) is 18.7. The topological polar surface area (TPSA) is 75.2 Å². The molecule has 0 bridgehead atoms. The van der Waals surface area contributed by atoms with Crippen molar-refractivity contribution < 1.29 is 8.42 Å². The summed E-state index contributed by atoms with van der Waals surface area (Å²) < 4.78 is 31.2. The predicted molar refractivity (Wildman–Crippen MR) is 105 cm³/mol. The highest BCUT2D eigenvalue weighted by molar-refractivity contribution is 7.93. The van der Waals surface area contributed by atoms with E-state index in [4.69, 9.17) is 11.6 Å². The number of benzene rings is 1. The minimum absolute atomic E-state index is 0.124. The second-order valence-corrected chi connectivity index (χ2v) is 9.38. The monoisotopic (exact) mass is 414 g/mol. The zero-order valence-electron chi connectivity index (χ0n) is 14.9. The minimum atomic E-state index is -3.73. The molecule has 0 radical (unpaired) electrons. The van der Waals surface area contributed by atoms with E-state index in [1.807, 2.05) is 6.07 Å². The SMILES string of the molecule is CC[C@H]1CCCCN1[C@H](C)c1ccc(S(=O)(=O)Nc2ncns2)cc1Cl. The van der Waals surface area contributed by atoms with Gasteiger partial charge < -0.3 is 0 Å². The lowest BCUT2D eigenvalue weighted by Gasteiger charge is -2.40. The Kier molecular flexibility index (Phi) is 6.17. The summed E-state index contributed by atoms with van der Waals surface area (Å²) in [6.07, 6.45) is 6.08. The number of nitrogens with zero attached hydrogens (tertiary/aromatic N) is 3. The number of halogens is 1. The quantitative estimate of drug-likeness (QED) is 0.761. The van der Waals surface area contributed by atoms with E-state index >= 15 is 0 Å². The number of nitrogens with one attached hydrogen (secondary N) is 1. The van der Waals surface area contributed by atoms with Crippen LogP contribution < -0.4 is 4.72 Å². The van der Waals surface area contributed by atoms with Gasteiger partial charge in [-0.15, -0.1) is 0 Å². The van der Waals surface area contributed by atoms with Crippen LogP contribution in [0.15, 0.2) is 29.4 Å². The van der Waals surface area contributed by atoms with Crippen LogP contribution in [-0.4, -0.2) is 35.3 Å². The van der Waals surface area contributed by atoms with Crippen molar-refractivity contribution >= 4 is 38.3 Å². The van der Waals surface area contributed by atoms with Crippen molar-refractivity contribution in [2.75, 3.05) is 11.3 Å². The van der Waals surface area contributed by atoms with Crippen molar-refractivity contribution in [3.05, 3.63) is 35.1 Å². The third kappa shape index (κ3) is 4.19. The lowest BCUT2D eigenvalue weighted by atomic mass is 9.95. The van der Waals surface area contributed by atoms with Crippen LogP contribution in [0.3, 0.4) is 0 Å². The Morgan fingerprint density at radius 1 is 1.42 bits per heavy atom. The summed E-state index contributed by atoms with van der Waals surface area (Å²) in [5.41, 5.74) is 0.960. The van der Waals surface area contributed by atoms with Gasteiger partial charge in [0.2, 0.25) is 5.13 Å². The lowest BCUT2D eigenvalue weighted by molar-refractivity contribution is 0.100. The van der Waals surface area contributed by atoms with Gasteiger partial charge in [0.05, 0.1) is 4.90 Å². The summed E-state index contributed by atoms with van der Waals surface area (Å²) >= 11 is 7.47. The van der Waals surface area contributed by atoms with Gasteiger partial charge in [0.1, 0.15) is 6.33 Å². The molecule has 1 aromatic carbocycles. The maximum atomic E-state index is 12.5. The highest BCUT2D eigenvalue weighted by Crippen LogP contribution is 2.34. The number of hydrogen-bond donors (Lipinski definition) is 1. The van der Waals surface area contributed by atoms with E-state index in [1.54, 1.807) is 6.07 Å². The summed E-state index contributed by atoms with van der Waals surface area (Å²) in [4.78, 5) is 6.46. The van der Waals surface area contributed by atoms with E-state index in [-0.39, 0.29) is 16.1 Å². The number of aromatic nitrogens is 2. The summed E-state index contributed by atoms with van der Waals surface area (Å²) in [7, 11) is -3.73. The molecule has 1 N–H and O–H groups in total. The summed E-state index contributed by atoms with van der Waals surface area (Å²) in [6.45, 7) is 5.41. The molecule has 0 amide bonds. The van der Waals surface area contributed by atoms with E-state index in [2.05, 4.69) is 32.8 Å². The highest BCUT2D eigenvalue weighted by Gasteiger charge is 2.28. The molecule has 26 heavy (non-hydrogen) atoms. The summed E-state index contributed by atoms with van der Waals surface area (Å²) in [5.74, 6) is 0. The van der Waals surface area contributed by atoms with Crippen molar-refractivity contribution in [3.63, 3.8) is 0 Å². The van der Waals surface area contributed by atoms with Crippen molar-refractivity contribution in [2.45, 2.75) is 56.5 Å². The second-order valence-electron chi connectivity index (χ2n) is 6.51. The van der Waals surface area contributed by atoms with Crippen molar-refractivity contribution in [3.8, 4) is 0 Å². The van der Waals surface area contributed by atoms with E-state index < -0.39 is 10.0 Å². The first-order chi connectivity index (χ1) is 12.4. The number of hydrogen-bond acceptors (Lipinski definition) is 6. The van der Waals surface area contributed by atoms with Gasteiger partial charge in [-0.05, 0) is 50.4 Å². The van der Waals surface area contributed by atoms with Crippen LogP contribution in [0.1, 0.15) is 51.1 Å². The lowest BCUT2D eigenvalue weighted by Crippen LogP contribution is -2.40. The number of anilines is 1. The van der Waals surface area contributed by atoms with Gasteiger partial charge in [0, 0.05) is 28.6 Å². The van der Waals surface area contributed by atoms with E-state index in [9.17, 15) is 8.42 Å². The summed E-state index contributed by atoms with van der Waals surface area (Å²) in [6, 6.07) is 5.65. The molecule has 0 spiro atoms. The Hall–Kier alpha value is -1.22. The smallest absolute Gasteiger partial charge is 0.263 e. The van der Waals surface area contributed by atoms with Gasteiger partial charge >= 0.3 is 0 Å². The van der Waals surface area contributed by atoms with Gasteiger partial charge in [0.15, 0.2) is 0 Å². The fourth-order valence-electron chi connectivity index (χ4n) is 3.56. The molecule has 1 aliphatic rings. The number of rotatable bonds is 6. The Morgan fingerprint density at radius 2 is 2.23 bits per heavy atom. The Labute approximate surface area is 163 Å². The standard InChI is InChI=1S/C17H23ClN4O2S2/c1-3-13-6-4-5-9-22(13)12(2)15-8-7-14(10-16(15)18)26(23,24)21-17-19-11-20-25-17/h7-8,10-13H,3-6,9H2,1-2H3,(H,19,20,21)/t12-,13+/m1/s1. The van der Waals surface area contributed by atoms with Crippen LogP contribution in [0.25, 0.3) is 0 Å². The molecular formula is C17H23ClN4O2S2. The molecular weight excluding hydrogens is 392 g/mol. The molecule has 2 aromatic rings. The molecule has 1 fully saturated rings. The molecule has 2 heterocycles. The normalized spacial score (nSPS) is 20.0. The fourth-order valence-corrected chi connectivity index (χ4v) is 5.65. The summed E-state index contributed by atoms with van der Waals surface area (Å²) in [5, 5.41) is 0.704. The molecule has 0 unspecified atom stereocenters. The molecule has 6 nitrogen and oxygen atoms in total. The second kappa shape index (κ2) is 8.21. The molecule has 9 heteroatoms. The molecule has 1 aromatic heterocycles. The first-order valence-electron chi connectivity index (χ1n) is 8.77. The predicted octanol–water partition coefficient (Wildman–Crippen LogP) is 4.32. The van der Waals surface area contributed by atoms with Crippen molar-refractivity contribution in [1.29, 1.82) is 0 Å². The Balaban J connectivity index is 1.83. The van der Waals surface area contributed by atoms with Gasteiger partial charge in [-0.1, -0.05) is 31.0 Å². The Morgan fingerprint density at radius 3 is 2.88 bits per heavy atom. The number of piperidine rings is 1. The first-order valence-corrected chi connectivity index (χ1v) is 11.4. The van der Waals surface area contributed by atoms with E-state index in [0.717, 1.165) is 30.1 Å². The molecule has 1 saturated heterocycles. The van der Waals surface area contributed by atoms with Gasteiger partial charge in [-0.3, -0.25) is 9.62 Å². The van der Waals surface area contributed by atoms with Gasteiger partial charge in [0.25, 0.3) is 10.0 Å². The number of likely N-dealkylation sites (tertiary alicyclic amines) is 1. The van der Waals surface area contributed by atoms with Crippen LogP contribution in [0.5, 0.6) is 0 Å². The van der Waals surface area contributed by atoms with Crippen LogP contribution in [-0.2, 0) is 10.0 Å². The molecule has 142 valence electrons. The maximum Gasteiger partial charge on any atom is 0.263 e. The van der Waals surface area contributed by atoms with Gasteiger partial charge in [-0.25, -0.2) is 13.4 Å². The molecule has 3 rings (SSSR count). The largest absolute Gasteiger partial charge is 0.294 e. The van der Waals surface area contributed by atoms with Crippen LogP contribution >= 0.6 is 23.1 Å². The highest BCUT2D eigenvalue weighted by atomic mass is 35.5. The minimum Gasteiger partial charge on any atom is -0.294 e.